The Balaban J connectivity index is 1.73. The number of rotatable bonds is 6. The zero-order valence-corrected chi connectivity index (χ0v) is 15.7. The summed E-state index contributed by atoms with van der Waals surface area (Å²) in [5.41, 5.74) is 2.80. The molecule has 0 saturated heterocycles. The molecule has 1 heterocycles. The van der Waals surface area contributed by atoms with Crippen LogP contribution in [0.3, 0.4) is 0 Å². The maximum atomic E-state index is 10.8. The first kappa shape index (κ1) is 17.2. The van der Waals surface area contributed by atoms with Gasteiger partial charge in [0.05, 0.1) is 0 Å². The first-order chi connectivity index (χ1) is 12.1. The molecule has 25 heavy (non-hydrogen) atoms. The number of methoxy groups -OCH3 is 1. The number of benzene rings is 2. The first-order valence-corrected chi connectivity index (χ1v) is 9.78. The fourth-order valence-electron chi connectivity index (χ4n) is 2.39. The Kier molecular flexibility index (Phi) is 5.46. The summed E-state index contributed by atoms with van der Waals surface area (Å²) < 4.78 is 7.11. The molecule has 3 aromatic rings. The summed E-state index contributed by atoms with van der Waals surface area (Å²) in [7, 11) is 1.64. The Morgan fingerprint density at radius 1 is 1.08 bits per heavy atom. The zero-order valence-electron chi connectivity index (χ0n) is 13.6. The van der Waals surface area contributed by atoms with E-state index in [9.17, 15) is 4.79 Å². The number of aliphatic carboxylic acids is 1. The Labute approximate surface area is 152 Å². The second-order valence-electron chi connectivity index (χ2n) is 5.42. The molecule has 0 aliphatic carbocycles. The molecule has 0 aliphatic rings. The van der Waals surface area contributed by atoms with Crippen LogP contribution >= 0.6 is 0 Å². The molecule has 2 aromatic carbocycles. The van der Waals surface area contributed by atoms with E-state index in [0.29, 0.717) is 0 Å². The number of aromatic nitrogens is 2. The van der Waals surface area contributed by atoms with Crippen LogP contribution in [0, 0.1) is 0 Å². The van der Waals surface area contributed by atoms with E-state index in [2.05, 4.69) is 9.97 Å². The fourth-order valence-corrected chi connectivity index (χ4v) is 4.39. The van der Waals surface area contributed by atoms with Crippen molar-refractivity contribution in [3.05, 3.63) is 66.5 Å². The van der Waals surface area contributed by atoms with Crippen molar-refractivity contribution in [1.82, 2.24) is 9.97 Å². The molecule has 6 heteroatoms. The van der Waals surface area contributed by atoms with Crippen LogP contribution < -0.4 is 13.7 Å². The number of ether oxygens (including phenoxy) is 1. The number of hydrogen-bond donors (Lipinski definition) is 1. The quantitative estimate of drug-likeness (QED) is 0.634. The van der Waals surface area contributed by atoms with E-state index in [1.54, 1.807) is 7.11 Å². The molecule has 0 spiro atoms. The Hall–Kier alpha value is -2.65. The molecular weight excluding hydrogens is 379 g/mol. The van der Waals surface area contributed by atoms with Gasteiger partial charge in [-0.15, -0.1) is 0 Å². The Morgan fingerprint density at radius 3 is 2.44 bits per heavy atom. The minimum absolute atomic E-state index is 0.0390. The summed E-state index contributed by atoms with van der Waals surface area (Å²) in [6, 6.07) is 15.4. The Bertz CT molecular complexity index is 865. The van der Waals surface area contributed by atoms with Crippen molar-refractivity contribution in [1.29, 1.82) is 0 Å². The van der Waals surface area contributed by atoms with E-state index < -0.39 is 21.7 Å². The molecule has 0 aliphatic heterocycles. The van der Waals surface area contributed by atoms with Gasteiger partial charge in [0.15, 0.2) is 0 Å². The SMILES string of the molecule is COc1ccc(-c2cnc([AsH]c3cccc(CC(=O)O)c3)nc2)cc1. The number of carbonyl (C=O) groups is 1. The van der Waals surface area contributed by atoms with Crippen LogP contribution in [0.25, 0.3) is 11.1 Å². The van der Waals surface area contributed by atoms with Gasteiger partial charge in [-0.1, -0.05) is 0 Å². The molecule has 1 N–H and O–H groups in total. The summed E-state index contributed by atoms with van der Waals surface area (Å²) in [5.74, 6) is -0.00792. The normalized spacial score (nSPS) is 10.9. The topological polar surface area (TPSA) is 72.3 Å². The molecule has 5 nitrogen and oxygen atoms in total. The maximum absolute atomic E-state index is 10.8. The average molecular weight is 396 g/mol. The molecule has 1 unspecified atom stereocenters. The third-order valence-electron chi connectivity index (χ3n) is 3.61. The third-order valence-corrected chi connectivity index (χ3v) is 5.88. The monoisotopic (exact) mass is 396 g/mol. The van der Waals surface area contributed by atoms with Crippen LogP contribution in [0.2, 0.25) is 0 Å². The molecule has 0 bridgehead atoms. The van der Waals surface area contributed by atoms with Gasteiger partial charge in [-0.2, -0.15) is 0 Å². The van der Waals surface area contributed by atoms with Crippen molar-refractivity contribution in [2.45, 2.75) is 6.42 Å². The average Bonchev–Trinajstić information content (AvgIpc) is 2.62. The second-order valence-corrected chi connectivity index (χ2v) is 8.09. The van der Waals surface area contributed by atoms with Gasteiger partial charge in [-0.05, 0) is 0 Å². The van der Waals surface area contributed by atoms with Gasteiger partial charge in [0.2, 0.25) is 0 Å². The summed E-state index contributed by atoms with van der Waals surface area (Å²) in [5, 5.41) is 8.90. The van der Waals surface area contributed by atoms with Crippen LogP contribution in [0.15, 0.2) is 60.9 Å². The van der Waals surface area contributed by atoms with Gasteiger partial charge < -0.3 is 0 Å². The van der Waals surface area contributed by atoms with Gasteiger partial charge in [-0.25, -0.2) is 0 Å². The summed E-state index contributed by atoms with van der Waals surface area (Å²) in [6.07, 6.45) is 3.70. The Morgan fingerprint density at radius 2 is 1.80 bits per heavy atom. The van der Waals surface area contributed by atoms with Gasteiger partial charge in [-0.3, -0.25) is 0 Å². The van der Waals surface area contributed by atoms with Crippen LogP contribution in [0.5, 0.6) is 5.75 Å². The number of carboxylic acid groups (broad SMARTS) is 1. The van der Waals surface area contributed by atoms with E-state index in [-0.39, 0.29) is 6.42 Å². The van der Waals surface area contributed by atoms with Crippen molar-refractivity contribution in [2.24, 2.45) is 0 Å². The molecule has 0 saturated carbocycles. The van der Waals surface area contributed by atoms with Crippen molar-refractivity contribution in [2.75, 3.05) is 7.11 Å². The van der Waals surface area contributed by atoms with E-state index in [1.807, 2.05) is 60.9 Å². The van der Waals surface area contributed by atoms with Crippen LogP contribution in [0.1, 0.15) is 5.56 Å². The molecule has 126 valence electrons. The number of carboxylic acids is 1. The summed E-state index contributed by atoms with van der Waals surface area (Å²) in [4.78, 5) is 19.8. The molecule has 1 aromatic heterocycles. The van der Waals surface area contributed by atoms with Crippen molar-refractivity contribution in [3.63, 3.8) is 0 Å². The molecule has 0 amide bonds. The predicted octanol–water partition coefficient (Wildman–Crippen LogP) is 1.17. The minimum atomic E-state index is -0.822. The van der Waals surface area contributed by atoms with Crippen LogP contribution in [0.4, 0.5) is 0 Å². The van der Waals surface area contributed by atoms with Crippen molar-refractivity contribution < 1.29 is 14.6 Å². The summed E-state index contributed by atoms with van der Waals surface area (Å²) in [6.45, 7) is 0. The van der Waals surface area contributed by atoms with Crippen molar-refractivity contribution >= 4 is 30.7 Å². The van der Waals surface area contributed by atoms with E-state index in [4.69, 9.17) is 9.84 Å². The standard InChI is InChI=1S/C19H17AsN2O3/c1-25-17-7-5-14(6-8-17)15-11-21-19(22-12-15)20-16-4-2-3-13(9-16)10-18(23)24/h2-9,11-12,20H,10H2,1H3,(H,23,24). The molecule has 1 atom stereocenters. The molecule has 0 radical (unpaired) electrons. The number of hydrogen-bond acceptors (Lipinski definition) is 4. The number of nitrogens with zero attached hydrogens (tertiary/aromatic N) is 2. The third kappa shape index (κ3) is 4.67. The van der Waals surface area contributed by atoms with Gasteiger partial charge >= 0.3 is 152 Å². The molecule has 0 fully saturated rings. The summed E-state index contributed by atoms with van der Waals surface area (Å²) >= 11 is -0.691. The van der Waals surface area contributed by atoms with E-state index in [1.165, 1.54) is 0 Å². The van der Waals surface area contributed by atoms with Gasteiger partial charge in [0.25, 0.3) is 0 Å². The van der Waals surface area contributed by atoms with Gasteiger partial charge in [0, 0.05) is 0 Å². The fraction of sp³-hybridized carbons (Fsp3) is 0.105. The zero-order chi connectivity index (χ0) is 17.6. The van der Waals surface area contributed by atoms with Crippen molar-refractivity contribution in [3.8, 4) is 16.9 Å². The van der Waals surface area contributed by atoms with E-state index >= 15 is 0 Å². The van der Waals surface area contributed by atoms with Crippen LogP contribution in [-0.2, 0) is 11.2 Å². The van der Waals surface area contributed by atoms with E-state index in [0.717, 1.165) is 31.4 Å². The molecule has 3 rings (SSSR count). The predicted molar refractivity (Wildman–Crippen MR) is 98.2 cm³/mol. The second kappa shape index (κ2) is 7.95. The van der Waals surface area contributed by atoms with Gasteiger partial charge in [0.1, 0.15) is 0 Å². The molecular formula is C19H17AsN2O3. The first-order valence-electron chi connectivity index (χ1n) is 7.68. The van der Waals surface area contributed by atoms with Crippen LogP contribution in [-0.4, -0.2) is 43.9 Å².